The van der Waals surface area contributed by atoms with Crippen LogP contribution in [0.25, 0.3) is 72.1 Å². The first kappa shape index (κ1) is 32.4. The molecule has 9 aromatic rings. The Kier molecular flexibility index (Phi) is 8.87. The maximum Gasteiger partial charge on any atom is 0.120 e. The van der Waals surface area contributed by atoms with Gasteiger partial charge in [-0.1, -0.05) is 109 Å². The van der Waals surface area contributed by atoms with E-state index in [-0.39, 0.29) is 20.1 Å². The summed E-state index contributed by atoms with van der Waals surface area (Å²) in [6, 6.07) is 54.1. The second-order valence-electron chi connectivity index (χ2n) is 12.9. The molecule has 0 aliphatic carbocycles. The Labute approximate surface area is 300 Å². The number of para-hydroxylation sites is 2. The van der Waals surface area contributed by atoms with Crippen molar-refractivity contribution < 1.29 is 24.5 Å². The van der Waals surface area contributed by atoms with E-state index in [2.05, 4.69) is 126 Å². The second-order valence-corrected chi connectivity index (χ2v) is 18.0. The number of hydrogen-bond acceptors (Lipinski definition) is 3. The summed E-state index contributed by atoms with van der Waals surface area (Å²) in [6.07, 6.45) is 2.02. The predicted octanol–water partition coefficient (Wildman–Crippen LogP) is 10.6. The Balaban J connectivity index is 0.000000189. The van der Waals surface area contributed by atoms with Gasteiger partial charge in [0, 0.05) is 42.8 Å². The minimum absolute atomic E-state index is 0. The summed E-state index contributed by atoms with van der Waals surface area (Å²) in [5, 5.41) is 5.93. The van der Waals surface area contributed by atoms with Crippen molar-refractivity contribution in [1.82, 2.24) is 14.5 Å². The summed E-state index contributed by atoms with van der Waals surface area (Å²) in [5.74, 6) is 0.826. The fourth-order valence-electron chi connectivity index (χ4n) is 6.24. The molecular weight excluding hydrogens is 795 g/mol. The zero-order chi connectivity index (χ0) is 32.7. The average molecular weight is 828 g/mol. The summed E-state index contributed by atoms with van der Waals surface area (Å²) < 4.78 is 8.56. The molecule has 0 aliphatic rings. The number of rotatable bonds is 4. The summed E-state index contributed by atoms with van der Waals surface area (Å²) in [4.78, 5) is 9.62. The molecule has 0 aliphatic heterocycles. The first-order valence-corrected chi connectivity index (χ1v) is 19.7. The normalized spacial score (nSPS) is 11.4. The van der Waals surface area contributed by atoms with Crippen molar-refractivity contribution in [2.45, 2.75) is 19.6 Å². The van der Waals surface area contributed by atoms with Crippen molar-refractivity contribution in [2.24, 2.45) is 0 Å². The minimum Gasteiger partial charge on any atom is -0.501 e. The van der Waals surface area contributed by atoms with Crippen LogP contribution in [0.2, 0.25) is 19.6 Å². The van der Waals surface area contributed by atoms with Crippen molar-refractivity contribution in [3.05, 3.63) is 158 Å². The van der Waals surface area contributed by atoms with Gasteiger partial charge in [-0.25, -0.2) is 0 Å². The van der Waals surface area contributed by atoms with Crippen LogP contribution < -0.4 is 5.19 Å². The number of benzene rings is 6. The van der Waals surface area contributed by atoms with Gasteiger partial charge in [0.15, 0.2) is 0 Å². The van der Waals surface area contributed by atoms with Crippen LogP contribution in [0.4, 0.5) is 0 Å². The molecular formula is C43H33IrN3OSi-2. The van der Waals surface area contributed by atoms with E-state index >= 15 is 0 Å². The summed E-state index contributed by atoms with van der Waals surface area (Å²) in [7, 11) is -1.23. The monoisotopic (exact) mass is 828 g/mol. The van der Waals surface area contributed by atoms with Crippen molar-refractivity contribution in [1.29, 1.82) is 0 Å². The molecule has 0 atom stereocenters. The van der Waals surface area contributed by atoms with Gasteiger partial charge in [-0.15, -0.1) is 54.1 Å². The first-order valence-electron chi connectivity index (χ1n) is 16.2. The molecule has 49 heavy (non-hydrogen) atoms. The molecule has 0 spiro atoms. The summed E-state index contributed by atoms with van der Waals surface area (Å²) in [5.41, 5.74) is 7.70. The van der Waals surface area contributed by atoms with E-state index in [1.165, 1.54) is 16.0 Å². The van der Waals surface area contributed by atoms with Gasteiger partial charge in [0.25, 0.3) is 0 Å². The molecule has 0 bridgehead atoms. The standard InChI is InChI=1S/C29H17N2O.C14H16NSi.Ir/c1-2-10-20(11-3-1)31-27-21-12-5-4-9-19(21)17-18-25(27)30-29(31)24-15-8-14-23-22-13-6-7-16-26(22)32-28(23)24;1-16(2,3)13-9-10-14(15-11-13)12-7-5-4-6-8-12;/h1-14,16-18H;4-7,9-11H,1-3H3;/q2*-1;. The molecule has 3 heterocycles. The van der Waals surface area contributed by atoms with Gasteiger partial charge >= 0.3 is 0 Å². The SMILES string of the molecule is C[Si](C)(C)c1ccc(-c2[c-]cccc2)nc1.[Ir].[c-]1ccc2c(oc3ccccc32)c1-c1nc2ccc3ccccc3c2n1-c1ccccc1. The molecule has 9 rings (SSSR count). The van der Waals surface area contributed by atoms with Crippen LogP contribution in [0.5, 0.6) is 0 Å². The van der Waals surface area contributed by atoms with Crippen molar-refractivity contribution in [2.75, 3.05) is 0 Å². The Morgan fingerprint density at radius 1 is 0.653 bits per heavy atom. The first-order chi connectivity index (χ1) is 23.5. The Morgan fingerprint density at radius 3 is 2.16 bits per heavy atom. The predicted molar refractivity (Wildman–Crippen MR) is 202 cm³/mol. The Hall–Kier alpha value is -5.13. The maximum absolute atomic E-state index is 6.33. The van der Waals surface area contributed by atoms with Crippen molar-refractivity contribution in [3.8, 4) is 28.3 Å². The van der Waals surface area contributed by atoms with Gasteiger partial charge in [0.1, 0.15) is 5.58 Å². The molecule has 1 radical (unpaired) electrons. The van der Waals surface area contributed by atoms with Gasteiger partial charge in [-0.2, -0.15) is 0 Å². The molecule has 6 aromatic carbocycles. The van der Waals surface area contributed by atoms with Crippen LogP contribution in [-0.4, -0.2) is 22.6 Å². The number of fused-ring (bicyclic) bond motifs is 6. The van der Waals surface area contributed by atoms with Crippen molar-refractivity contribution in [3.63, 3.8) is 0 Å². The van der Waals surface area contributed by atoms with E-state index in [1.807, 2.05) is 60.8 Å². The fourth-order valence-corrected chi connectivity index (χ4v) is 7.28. The molecule has 0 saturated heterocycles. The smallest absolute Gasteiger partial charge is 0.120 e. The van der Waals surface area contributed by atoms with Gasteiger partial charge in [0.2, 0.25) is 0 Å². The number of imidazole rings is 1. The van der Waals surface area contributed by atoms with Crippen LogP contribution in [0.15, 0.2) is 150 Å². The molecule has 3 aromatic heterocycles. The van der Waals surface area contributed by atoms with E-state index in [0.29, 0.717) is 0 Å². The third-order valence-corrected chi connectivity index (χ3v) is 10.8. The van der Waals surface area contributed by atoms with Gasteiger partial charge in [0.05, 0.1) is 30.5 Å². The molecule has 0 amide bonds. The second kappa shape index (κ2) is 13.4. The number of hydrogen-bond donors (Lipinski definition) is 0. The van der Waals surface area contributed by atoms with Crippen LogP contribution in [-0.2, 0) is 20.1 Å². The molecule has 0 unspecified atom stereocenters. The molecule has 0 saturated carbocycles. The van der Waals surface area contributed by atoms with Crippen LogP contribution in [0.1, 0.15) is 0 Å². The largest absolute Gasteiger partial charge is 0.501 e. The van der Waals surface area contributed by atoms with Gasteiger partial charge in [-0.05, 0) is 40.5 Å². The molecule has 0 N–H and O–H groups in total. The zero-order valence-corrected chi connectivity index (χ0v) is 30.8. The zero-order valence-electron chi connectivity index (χ0n) is 27.4. The van der Waals surface area contributed by atoms with E-state index in [4.69, 9.17) is 9.40 Å². The maximum atomic E-state index is 6.33. The topological polar surface area (TPSA) is 43.9 Å². The van der Waals surface area contributed by atoms with E-state index in [9.17, 15) is 0 Å². The molecule has 0 fully saturated rings. The Morgan fingerprint density at radius 2 is 1.41 bits per heavy atom. The summed E-state index contributed by atoms with van der Waals surface area (Å²) >= 11 is 0. The molecule has 6 heteroatoms. The summed E-state index contributed by atoms with van der Waals surface area (Å²) in [6.45, 7) is 7.00. The van der Waals surface area contributed by atoms with Crippen LogP contribution in [0, 0.1) is 12.1 Å². The average Bonchev–Trinajstić information content (AvgIpc) is 3.72. The molecule has 241 valence electrons. The van der Waals surface area contributed by atoms with Crippen LogP contribution >= 0.6 is 0 Å². The number of furan rings is 1. The van der Waals surface area contributed by atoms with Gasteiger partial charge in [-0.3, -0.25) is 4.98 Å². The molecule has 4 nitrogen and oxygen atoms in total. The number of pyridine rings is 1. The third-order valence-electron chi connectivity index (χ3n) is 8.73. The van der Waals surface area contributed by atoms with E-state index in [0.717, 1.165) is 61.3 Å². The van der Waals surface area contributed by atoms with Crippen LogP contribution in [0.3, 0.4) is 0 Å². The number of nitrogens with zero attached hydrogens (tertiary/aromatic N) is 3. The van der Waals surface area contributed by atoms with E-state index in [1.54, 1.807) is 0 Å². The Bertz CT molecular complexity index is 2530. The number of aromatic nitrogens is 3. The van der Waals surface area contributed by atoms with E-state index < -0.39 is 8.07 Å². The van der Waals surface area contributed by atoms with Crippen molar-refractivity contribution >= 4 is 57.0 Å². The minimum atomic E-state index is -1.23. The third kappa shape index (κ3) is 6.15. The fraction of sp³-hybridized carbons (Fsp3) is 0.0698. The quantitative estimate of drug-likeness (QED) is 0.131. The van der Waals surface area contributed by atoms with Gasteiger partial charge < -0.3 is 14.0 Å².